The first-order valence-electron chi connectivity index (χ1n) is 10.7. The highest BCUT2D eigenvalue weighted by molar-refractivity contribution is 5.96. The van der Waals surface area contributed by atoms with Gasteiger partial charge >= 0.3 is 0 Å². The molecule has 9 nitrogen and oxygen atoms in total. The zero-order chi connectivity index (χ0) is 23.9. The molecule has 0 atom stereocenters. The molecule has 0 aliphatic carbocycles. The zero-order valence-electron chi connectivity index (χ0n) is 19.0. The topological polar surface area (TPSA) is 98.6 Å². The lowest BCUT2D eigenvalue weighted by molar-refractivity contribution is -0.136. The Morgan fingerprint density at radius 3 is 2.50 bits per heavy atom. The molecule has 0 fully saturated rings. The summed E-state index contributed by atoms with van der Waals surface area (Å²) in [5.74, 6) is 0.464. The number of hydrogen-bond donors (Lipinski definition) is 1. The number of aromatic nitrogens is 3. The van der Waals surface area contributed by atoms with Gasteiger partial charge in [-0.3, -0.25) is 9.59 Å². The van der Waals surface area contributed by atoms with Gasteiger partial charge in [0.1, 0.15) is 30.1 Å². The summed E-state index contributed by atoms with van der Waals surface area (Å²) >= 11 is 0. The summed E-state index contributed by atoms with van der Waals surface area (Å²) in [5, 5.41) is 11.0. The van der Waals surface area contributed by atoms with E-state index < -0.39 is 0 Å². The number of carbonyl (C=O) groups is 2. The van der Waals surface area contributed by atoms with Gasteiger partial charge in [-0.25, -0.2) is 4.68 Å². The first-order valence-corrected chi connectivity index (χ1v) is 10.7. The molecule has 0 spiro atoms. The third-order valence-electron chi connectivity index (χ3n) is 5.29. The molecule has 1 heterocycles. The largest absolute Gasteiger partial charge is 0.497 e. The van der Waals surface area contributed by atoms with Crippen LogP contribution in [0.4, 0.5) is 5.69 Å². The Labute approximate surface area is 196 Å². The Bertz CT molecular complexity index is 1290. The summed E-state index contributed by atoms with van der Waals surface area (Å²) in [6.45, 7) is 0.0987. The molecule has 3 aromatic carbocycles. The molecule has 34 heavy (non-hydrogen) atoms. The van der Waals surface area contributed by atoms with E-state index in [4.69, 9.17) is 9.47 Å². The summed E-state index contributed by atoms with van der Waals surface area (Å²) < 4.78 is 12.1. The quantitative estimate of drug-likeness (QED) is 0.413. The minimum Gasteiger partial charge on any atom is -0.497 e. The van der Waals surface area contributed by atoms with Crippen LogP contribution in [0.3, 0.4) is 0 Å². The molecule has 0 saturated heterocycles. The SMILES string of the molecule is COc1ccc(NC(=O)CN(Cc2ccccc2)C(=O)Cn2nnc3ccccc32)c(OC)c1. The molecule has 9 heteroatoms. The number of fused-ring (bicyclic) bond motifs is 1. The summed E-state index contributed by atoms with van der Waals surface area (Å²) in [4.78, 5) is 27.7. The van der Waals surface area contributed by atoms with Crippen LogP contribution in [-0.2, 0) is 22.7 Å². The van der Waals surface area contributed by atoms with Crippen molar-refractivity contribution >= 4 is 28.5 Å². The van der Waals surface area contributed by atoms with Gasteiger partial charge in [0.25, 0.3) is 0 Å². The molecule has 0 bridgehead atoms. The highest BCUT2D eigenvalue weighted by Crippen LogP contribution is 2.29. The normalized spacial score (nSPS) is 10.6. The van der Waals surface area contributed by atoms with Gasteiger partial charge in [-0.2, -0.15) is 0 Å². The van der Waals surface area contributed by atoms with Crippen LogP contribution in [0.2, 0.25) is 0 Å². The van der Waals surface area contributed by atoms with E-state index in [2.05, 4.69) is 15.6 Å². The number of ether oxygens (including phenoxy) is 2. The number of benzene rings is 3. The maximum absolute atomic E-state index is 13.3. The van der Waals surface area contributed by atoms with E-state index in [1.807, 2.05) is 54.6 Å². The number of carbonyl (C=O) groups excluding carboxylic acids is 2. The zero-order valence-corrected chi connectivity index (χ0v) is 19.0. The minimum atomic E-state index is -0.351. The number of methoxy groups -OCH3 is 2. The van der Waals surface area contributed by atoms with Crippen molar-refractivity contribution in [3.63, 3.8) is 0 Å². The Morgan fingerprint density at radius 1 is 0.971 bits per heavy atom. The van der Waals surface area contributed by atoms with E-state index >= 15 is 0 Å². The Hall–Kier alpha value is -4.40. The molecule has 2 amide bonds. The van der Waals surface area contributed by atoms with Crippen LogP contribution in [0.15, 0.2) is 72.8 Å². The fourth-order valence-electron chi connectivity index (χ4n) is 3.56. The third kappa shape index (κ3) is 5.32. The van der Waals surface area contributed by atoms with Crippen LogP contribution in [-0.4, -0.2) is 52.5 Å². The summed E-state index contributed by atoms with van der Waals surface area (Å²) in [5.41, 5.74) is 2.86. The predicted octanol–water partition coefficient (Wildman–Crippen LogP) is 3.12. The average molecular weight is 460 g/mol. The van der Waals surface area contributed by atoms with Crippen molar-refractivity contribution in [2.45, 2.75) is 13.1 Å². The van der Waals surface area contributed by atoms with Crippen molar-refractivity contribution in [2.75, 3.05) is 26.1 Å². The van der Waals surface area contributed by atoms with E-state index in [1.165, 1.54) is 12.0 Å². The van der Waals surface area contributed by atoms with Crippen molar-refractivity contribution in [1.82, 2.24) is 19.9 Å². The second-order valence-corrected chi connectivity index (χ2v) is 7.59. The number of hydrogen-bond acceptors (Lipinski definition) is 6. The van der Waals surface area contributed by atoms with E-state index in [1.54, 1.807) is 30.0 Å². The molecule has 0 unspecified atom stereocenters. The smallest absolute Gasteiger partial charge is 0.245 e. The molecule has 4 aromatic rings. The van der Waals surface area contributed by atoms with Crippen LogP contribution >= 0.6 is 0 Å². The number of amides is 2. The highest BCUT2D eigenvalue weighted by atomic mass is 16.5. The summed E-state index contributed by atoms with van der Waals surface area (Å²) in [7, 11) is 3.07. The lowest BCUT2D eigenvalue weighted by Crippen LogP contribution is -2.39. The monoisotopic (exact) mass is 459 g/mol. The molecule has 4 rings (SSSR count). The van der Waals surface area contributed by atoms with Gasteiger partial charge in [-0.1, -0.05) is 47.7 Å². The molecule has 1 N–H and O–H groups in total. The van der Waals surface area contributed by atoms with Gasteiger partial charge in [0.2, 0.25) is 11.8 Å². The third-order valence-corrected chi connectivity index (χ3v) is 5.29. The fraction of sp³-hybridized carbons (Fsp3) is 0.200. The van der Waals surface area contributed by atoms with Crippen LogP contribution < -0.4 is 14.8 Å². The lowest BCUT2D eigenvalue weighted by Gasteiger charge is -2.23. The molecule has 0 aliphatic heterocycles. The average Bonchev–Trinajstić information content (AvgIpc) is 3.27. The Balaban J connectivity index is 1.52. The van der Waals surface area contributed by atoms with Gasteiger partial charge in [-0.15, -0.1) is 5.10 Å². The number of para-hydroxylation sites is 1. The van der Waals surface area contributed by atoms with Gasteiger partial charge in [0.05, 0.1) is 25.4 Å². The van der Waals surface area contributed by atoms with E-state index in [-0.39, 0.29) is 31.4 Å². The summed E-state index contributed by atoms with van der Waals surface area (Å²) in [6.07, 6.45) is 0. The molecule has 0 aliphatic rings. The van der Waals surface area contributed by atoms with Crippen LogP contribution in [0.25, 0.3) is 11.0 Å². The van der Waals surface area contributed by atoms with Gasteiger partial charge in [0.15, 0.2) is 0 Å². The van der Waals surface area contributed by atoms with Gasteiger partial charge in [0, 0.05) is 12.6 Å². The number of rotatable bonds is 9. The molecular formula is C25H25N5O4. The highest BCUT2D eigenvalue weighted by Gasteiger charge is 2.20. The molecular weight excluding hydrogens is 434 g/mol. The van der Waals surface area contributed by atoms with E-state index in [9.17, 15) is 9.59 Å². The van der Waals surface area contributed by atoms with Crippen LogP contribution in [0, 0.1) is 0 Å². The van der Waals surface area contributed by atoms with Gasteiger partial charge in [-0.05, 0) is 29.8 Å². The second kappa shape index (κ2) is 10.5. The van der Waals surface area contributed by atoms with E-state index in [0.29, 0.717) is 22.7 Å². The first-order chi connectivity index (χ1) is 16.6. The van der Waals surface area contributed by atoms with E-state index in [0.717, 1.165) is 11.1 Å². The standard InChI is InChI=1S/C25H25N5O4/c1-33-19-12-13-21(23(14-19)34-2)26-24(31)16-29(15-18-8-4-3-5-9-18)25(32)17-30-22-11-7-6-10-20(22)27-28-30/h3-14H,15-17H2,1-2H3,(H,26,31). The second-order valence-electron chi connectivity index (χ2n) is 7.59. The fourth-order valence-corrected chi connectivity index (χ4v) is 3.56. The summed E-state index contributed by atoms with van der Waals surface area (Å²) in [6, 6.07) is 22.0. The molecule has 1 aromatic heterocycles. The first kappa shape index (κ1) is 22.8. The predicted molar refractivity (Wildman–Crippen MR) is 128 cm³/mol. The van der Waals surface area contributed by atoms with Gasteiger partial charge < -0.3 is 19.7 Å². The lowest BCUT2D eigenvalue weighted by atomic mass is 10.2. The number of nitrogens with one attached hydrogen (secondary N) is 1. The molecule has 0 radical (unpaired) electrons. The molecule has 0 saturated carbocycles. The van der Waals surface area contributed by atoms with Crippen molar-refractivity contribution < 1.29 is 19.1 Å². The van der Waals surface area contributed by atoms with Crippen LogP contribution in [0.5, 0.6) is 11.5 Å². The number of nitrogens with zero attached hydrogens (tertiary/aromatic N) is 4. The maximum Gasteiger partial charge on any atom is 0.245 e. The van der Waals surface area contributed by atoms with Crippen molar-refractivity contribution in [3.05, 3.63) is 78.4 Å². The van der Waals surface area contributed by atoms with Crippen LogP contribution in [0.1, 0.15) is 5.56 Å². The van der Waals surface area contributed by atoms with Crippen molar-refractivity contribution in [3.8, 4) is 11.5 Å². The molecule has 174 valence electrons. The van der Waals surface area contributed by atoms with Crippen molar-refractivity contribution in [1.29, 1.82) is 0 Å². The number of anilines is 1. The van der Waals surface area contributed by atoms with Crippen molar-refractivity contribution in [2.24, 2.45) is 0 Å². The minimum absolute atomic E-state index is 0.0352. The Kier molecular flexibility index (Phi) is 7.02. The maximum atomic E-state index is 13.3. The Morgan fingerprint density at radius 2 is 1.74 bits per heavy atom.